The number of carbonyl (C=O) groups excluding carboxylic acids is 1. The summed E-state index contributed by atoms with van der Waals surface area (Å²) in [4.78, 5) is 22.6. The van der Waals surface area contributed by atoms with Crippen LogP contribution < -0.4 is 11.6 Å². The van der Waals surface area contributed by atoms with Gasteiger partial charge in [0.25, 0.3) is 0 Å². The van der Waals surface area contributed by atoms with Crippen molar-refractivity contribution in [2.75, 3.05) is 0 Å². The summed E-state index contributed by atoms with van der Waals surface area (Å²) in [7, 11) is 0. The first-order chi connectivity index (χ1) is 11.3. The Morgan fingerprint density at radius 1 is 1.29 bits per heavy atom. The number of carboxylic acid groups (broad SMARTS) is 1. The third-order valence-corrected chi connectivity index (χ3v) is 4.14. The van der Waals surface area contributed by atoms with Gasteiger partial charge in [-0.05, 0) is 18.2 Å². The van der Waals surface area contributed by atoms with Crippen LogP contribution in [0.1, 0.15) is 5.56 Å². The lowest BCUT2D eigenvalue weighted by molar-refractivity contribution is -0.135. The third kappa shape index (κ3) is 4.45. The number of nitrogens with two attached hydrogens (primary N) is 2. The number of hydrogen-bond donors (Lipinski definition) is 3. The molecule has 0 unspecified atom stereocenters. The maximum Gasteiger partial charge on any atom is 0.336 e. The summed E-state index contributed by atoms with van der Waals surface area (Å²) < 4.78 is 6.37. The van der Waals surface area contributed by atoms with E-state index in [2.05, 4.69) is 0 Å². The summed E-state index contributed by atoms with van der Waals surface area (Å²) in [6, 6.07) is 4.74. The molecule has 24 heavy (non-hydrogen) atoms. The Bertz CT molecular complexity index is 792. The molecule has 1 aliphatic heterocycles. The minimum absolute atomic E-state index is 0.00547. The zero-order chi connectivity index (χ0) is 17.9. The molecule has 1 aliphatic rings. The average molecular weight is 388 g/mol. The lowest BCUT2D eigenvalue weighted by atomic mass is 10.1. The van der Waals surface area contributed by atoms with Crippen LogP contribution in [-0.2, 0) is 14.3 Å². The van der Waals surface area contributed by atoms with E-state index in [0.29, 0.717) is 26.6 Å². The van der Waals surface area contributed by atoms with E-state index in [1.165, 1.54) is 10.6 Å². The maximum atomic E-state index is 11.8. The van der Waals surface area contributed by atoms with Gasteiger partial charge in [-0.15, -0.1) is 0 Å². The van der Waals surface area contributed by atoms with E-state index in [9.17, 15) is 9.59 Å². The van der Waals surface area contributed by atoms with Crippen LogP contribution in [0.5, 0.6) is 0 Å². The molecule has 126 valence electrons. The number of rotatable bonds is 4. The summed E-state index contributed by atoms with van der Waals surface area (Å²) in [5.74, 6) is 3.54. The second-order valence-corrected chi connectivity index (χ2v) is 6.27. The Balaban J connectivity index is 2.47. The Kier molecular flexibility index (Phi) is 5.79. The molecule has 0 fully saturated rings. The lowest BCUT2D eigenvalue weighted by Crippen LogP contribution is -2.25. The first-order valence-electron chi connectivity index (χ1n) is 6.30. The van der Waals surface area contributed by atoms with E-state index < -0.39 is 11.9 Å². The van der Waals surface area contributed by atoms with Gasteiger partial charge in [0, 0.05) is 39.7 Å². The van der Waals surface area contributed by atoms with Crippen molar-refractivity contribution < 1.29 is 19.4 Å². The molecule has 0 aliphatic carbocycles. The summed E-state index contributed by atoms with van der Waals surface area (Å²) in [5, 5.41) is 9.31. The Morgan fingerprint density at radius 2 is 2.00 bits per heavy atom. The van der Waals surface area contributed by atoms with Gasteiger partial charge in [0.1, 0.15) is 0 Å². The number of carboxylic acids is 1. The molecule has 0 bridgehead atoms. The quantitative estimate of drug-likeness (QED) is 0.312. The fraction of sp³-hybridized carbons (Fsp3) is 0. The summed E-state index contributed by atoms with van der Waals surface area (Å²) in [6.45, 7) is 0. The smallest absolute Gasteiger partial charge is 0.336 e. The molecule has 1 aromatic carbocycles. The predicted octanol–water partition coefficient (Wildman–Crippen LogP) is 2.48. The number of halogens is 2. The highest BCUT2D eigenvalue weighted by atomic mass is 35.5. The van der Waals surface area contributed by atoms with Crippen molar-refractivity contribution in [1.29, 1.82) is 0 Å². The summed E-state index contributed by atoms with van der Waals surface area (Å²) >= 11 is 13.2. The van der Waals surface area contributed by atoms with Crippen molar-refractivity contribution >= 4 is 52.0 Å². The molecule has 5 N–H and O–H groups in total. The van der Waals surface area contributed by atoms with Crippen LogP contribution in [0.25, 0.3) is 4.91 Å². The van der Waals surface area contributed by atoms with Crippen LogP contribution in [-0.4, -0.2) is 21.5 Å². The SMILES string of the molecule is NC1=CN(N)SC(c2cc(Cl)ccc2Cl)=C1OC(=O)C=CC(=O)O. The fourth-order valence-corrected chi connectivity index (χ4v) is 3.05. The van der Waals surface area contributed by atoms with Crippen molar-refractivity contribution in [3.63, 3.8) is 0 Å². The summed E-state index contributed by atoms with van der Waals surface area (Å²) in [5.41, 5.74) is 6.40. The molecule has 0 aromatic heterocycles. The van der Waals surface area contributed by atoms with E-state index in [0.717, 1.165) is 18.0 Å². The van der Waals surface area contributed by atoms with Gasteiger partial charge in [0.2, 0.25) is 0 Å². The molecule has 0 amide bonds. The lowest BCUT2D eigenvalue weighted by Gasteiger charge is -2.24. The third-order valence-electron chi connectivity index (χ3n) is 2.67. The first-order valence-corrected chi connectivity index (χ1v) is 7.83. The normalized spacial score (nSPS) is 14.8. The van der Waals surface area contributed by atoms with Crippen LogP contribution in [0.4, 0.5) is 0 Å². The number of nitrogens with zero attached hydrogens (tertiary/aromatic N) is 1. The number of aliphatic carboxylic acids is 1. The predicted molar refractivity (Wildman–Crippen MR) is 92.1 cm³/mol. The Labute approximate surface area is 151 Å². The number of esters is 1. The Morgan fingerprint density at radius 3 is 2.67 bits per heavy atom. The number of carbonyl (C=O) groups is 2. The van der Waals surface area contributed by atoms with Crippen molar-refractivity contribution in [1.82, 2.24) is 4.41 Å². The molecule has 7 nitrogen and oxygen atoms in total. The van der Waals surface area contributed by atoms with E-state index >= 15 is 0 Å². The van der Waals surface area contributed by atoms with Crippen molar-refractivity contribution in [3.8, 4) is 0 Å². The van der Waals surface area contributed by atoms with Crippen LogP contribution in [0.3, 0.4) is 0 Å². The minimum Gasteiger partial charge on any atom is -0.478 e. The molecule has 0 saturated heterocycles. The molecular formula is C14H11Cl2N3O4S. The molecule has 0 atom stereocenters. The first kappa shape index (κ1) is 18.2. The van der Waals surface area contributed by atoms with E-state index in [-0.39, 0.29) is 11.5 Å². The highest BCUT2D eigenvalue weighted by Crippen LogP contribution is 2.41. The van der Waals surface area contributed by atoms with Crippen LogP contribution in [0.15, 0.2) is 48.0 Å². The van der Waals surface area contributed by atoms with Crippen LogP contribution in [0.2, 0.25) is 10.0 Å². The van der Waals surface area contributed by atoms with Gasteiger partial charge in [0.05, 0.1) is 16.8 Å². The van der Waals surface area contributed by atoms with Crippen LogP contribution >= 0.6 is 35.1 Å². The molecule has 0 radical (unpaired) electrons. The molecule has 0 saturated carbocycles. The van der Waals surface area contributed by atoms with E-state index in [4.69, 9.17) is 44.6 Å². The number of hydrazine groups is 1. The van der Waals surface area contributed by atoms with Gasteiger partial charge in [-0.25, -0.2) is 15.4 Å². The maximum absolute atomic E-state index is 11.8. The summed E-state index contributed by atoms with van der Waals surface area (Å²) in [6.07, 6.45) is 2.76. The largest absolute Gasteiger partial charge is 0.478 e. The molecule has 10 heteroatoms. The van der Waals surface area contributed by atoms with Gasteiger partial charge in [0.15, 0.2) is 5.76 Å². The number of benzene rings is 1. The van der Waals surface area contributed by atoms with Crippen molar-refractivity contribution in [2.24, 2.45) is 11.6 Å². The highest BCUT2D eigenvalue weighted by molar-refractivity contribution is 8.06. The van der Waals surface area contributed by atoms with Crippen molar-refractivity contribution in [2.45, 2.75) is 0 Å². The van der Waals surface area contributed by atoms with Gasteiger partial charge < -0.3 is 15.6 Å². The van der Waals surface area contributed by atoms with Crippen molar-refractivity contribution in [3.05, 3.63) is 63.6 Å². The van der Waals surface area contributed by atoms with E-state index in [1.807, 2.05) is 0 Å². The van der Waals surface area contributed by atoms with Gasteiger partial charge in [-0.1, -0.05) is 23.2 Å². The standard InChI is InChI=1S/C14H11Cl2N3O4S/c15-7-1-2-9(16)8(5-7)14-13(10(17)6-19(18)24-14)23-12(22)4-3-11(20)21/h1-6H,17-18H2,(H,20,21). The van der Waals surface area contributed by atoms with Crippen LogP contribution in [0, 0.1) is 0 Å². The highest BCUT2D eigenvalue weighted by Gasteiger charge is 2.25. The number of ether oxygens (including phenoxy) is 1. The average Bonchev–Trinajstić information content (AvgIpc) is 2.50. The monoisotopic (exact) mass is 387 g/mol. The second kappa shape index (κ2) is 7.63. The molecule has 0 spiro atoms. The van der Waals surface area contributed by atoms with Gasteiger partial charge >= 0.3 is 11.9 Å². The zero-order valence-electron chi connectivity index (χ0n) is 11.9. The minimum atomic E-state index is -1.28. The van der Waals surface area contributed by atoms with E-state index in [1.54, 1.807) is 18.2 Å². The molecular weight excluding hydrogens is 377 g/mol. The van der Waals surface area contributed by atoms with Gasteiger partial charge in [-0.3, -0.25) is 4.41 Å². The fourth-order valence-electron chi connectivity index (χ4n) is 1.72. The topological polar surface area (TPSA) is 119 Å². The molecule has 2 rings (SSSR count). The zero-order valence-corrected chi connectivity index (χ0v) is 14.2. The molecule has 1 aromatic rings. The number of hydrogen-bond acceptors (Lipinski definition) is 7. The molecule has 1 heterocycles. The van der Waals surface area contributed by atoms with Gasteiger partial charge in [-0.2, -0.15) is 0 Å². The Hall–Kier alpha value is -2.13. The second-order valence-electron chi connectivity index (χ2n) is 4.41.